The zero-order chi connectivity index (χ0) is 43.0. The van der Waals surface area contributed by atoms with Crippen LogP contribution in [0.25, 0.3) is 0 Å². The zero-order valence-corrected chi connectivity index (χ0v) is 31.5. The maximum atomic E-state index is 12.2. The molecule has 0 radical (unpaired) electrons. The molecule has 0 saturated carbocycles. The Kier molecular flexibility index (Phi) is 29.8. The van der Waals surface area contributed by atoms with E-state index in [1.807, 2.05) is 24.3 Å². The minimum absolute atomic E-state index is 0.00587. The van der Waals surface area contributed by atoms with Crippen molar-refractivity contribution in [1.82, 2.24) is 5.32 Å². The van der Waals surface area contributed by atoms with E-state index < -0.39 is 46.1 Å². The van der Waals surface area contributed by atoms with Crippen LogP contribution < -0.4 is 15.1 Å². The molecular weight excluding hydrogens is 808 g/mol. The quantitative estimate of drug-likeness (QED) is 0.0857. The van der Waals surface area contributed by atoms with Crippen molar-refractivity contribution in [3.8, 4) is 0 Å². The highest BCUT2D eigenvalue weighted by Gasteiger charge is 2.32. The number of nitrogens with zero attached hydrogens (tertiary/aromatic N) is 2. The molecule has 2 aromatic rings. The van der Waals surface area contributed by atoms with E-state index in [4.69, 9.17) is 18.9 Å². The van der Waals surface area contributed by atoms with Crippen LogP contribution in [0.15, 0.2) is 48.5 Å². The van der Waals surface area contributed by atoms with Crippen molar-refractivity contribution < 1.29 is 87.7 Å². The summed E-state index contributed by atoms with van der Waals surface area (Å²) in [5.74, 6) is -0.559. The van der Waals surface area contributed by atoms with Gasteiger partial charge in [-0.1, -0.05) is 24.3 Å². The van der Waals surface area contributed by atoms with Crippen LogP contribution in [0.4, 0.5) is 55.7 Å². The maximum absolute atomic E-state index is 12.2. The van der Waals surface area contributed by atoms with Gasteiger partial charge in [0.1, 0.15) is 0 Å². The molecule has 12 nitrogen and oxygen atoms in total. The zero-order valence-electron chi connectivity index (χ0n) is 31.5. The van der Waals surface area contributed by atoms with E-state index in [-0.39, 0.29) is 6.42 Å². The van der Waals surface area contributed by atoms with Gasteiger partial charge in [-0.05, 0) is 68.2 Å². The minimum atomic E-state index is -1.75. The van der Waals surface area contributed by atoms with Gasteiger partial charge < -0.3 is 34.1 Å². The Balaban J connectivity index is 0.000000432. The van der Waals surface area contributed by atoms with Crippen LogP contribution in [0.5, 0.6) is 0 Å². The van der Waals surface area contributed by atoms with Crippen LogP contribution in [-0.2, 0) is 56.2 Å². The number of hydrogen-bond acceptors (Lipinski definition) is 11. The highest BCUT2D eigenvalue weighted by Crippen LogP contribution is 2.24. The Morgan fingerprint density at radius 1 is 0.603 bits per heavy atom. The largest absolute Gasteiger partial charge is 0.371 e. The van der Waals surface area contributed by atoms with Crippen LogP contribution in [0, 0.1) is 0 Å². The molecular formula is C36H49F10N3O9. The normalized spacial score (nSPS) is 18.6. The van der Waals surface area contributed by atoms with Crippen molar-refractivity contribution in [2.75, 3.05) is 103 Å². The van der Waals surface area contributed by atoms with Crippen LogP contribution in [0.2, 0.25) is 0 Å². The molecule has 6 rings (SSSR count). The van der Waals surface area contributed by atoms with Gasteiger partial charge in [0.15, 0.2) is 6.67 Å². The SMILES string of the molecule is FCF.FCOF.FCOF.FCOF.O=C(CF)NCCc1ccc(N(CC2CO2)CC2CO2)cc1.O=C(F)CCCc1ccc(N(CC2CO2)CC2CO2)cc1. The Morgan fingerprint density at radius 2 is 0.914 bits per heavy atom. The van der Waals surface area contributed by atoms with E-state index in [9.17, 15) is 53.9 Å². The first-order chi connectivity index (χ1) is 28.1. The average molecular weight is 858 g/mol. The van der Waals surface area contributed by atoms with Crippen molar-refractivity contribution in [2.24, 2.45) is 0 Å². The second-order valence-electron chi connectivity index (χ2n) is 12.2. The number of carbonyl (C=O) groups is 2. The number of halogens is 10. The molecule has 0 spiro atoms. The summed E-state index contributed by atoms with van der Waals surface area (Å²) in [4.78, 5) is 32.9. The molecule has 4 unspecified atom stereocenters. The van der Waals surface area contributed by atoms with E-state index in [1.54, 1.807) is 0 Å². The molecule has 0 aliphatic carbocycles. The predicted molar refractivity (Wildman–Crippen MR) is 190 cm³/mol. The first-order valence-corrected chi connectivity index (χ1v) is 17.8. The number of aryl methyl sites for hydroxylation is 1. The second-order valence-corrected chi connectivity index (χ2v) is 12.2. The molecule has 4 atom stereocenters. The highest BCUT2D eigenvalue weighted by atomic mass is 19.3. The lowest BCUT2D eigenvalue weighted by Crippen LogP contribution is -2.31. The summed E-state index contributed by atoms with van der Waals surface area (Å²) in [5.41, 5.74) is 4.56. The van der Waals surface area contributed by atoms with Gasteiger partial charge in [0.2, 0.25) is 27.5 Å². The van der Waals surface area contributed by atoms with Gasteiger partial charge >= 0.3 is 6.04 Å². The van der Waals surface area contributed by atoms with Gasteiger partial charge in [0.05, 0.1) is 50.8 Å². The molecule has 1 amide bonds. The number of ether oxygens (including phenoxy) is 4. The van der Waals surface area contributed by atoms with E-state index in [2.05, 4.69) is 54.2 Å². The number of hydrogen-bond donors (Lipinski definition) is 1. The molecule has 2 aromatic carbocycles. The summed E-state index contributed by atoms with van der Waals surface area (Å²) in [6.07, 6.45) is 3.37. The van der Waals surface area contributed by atoms with Gasteiger partial charge in [-0.3, -0.25) is 9.59 Å². The predicted octanol–water partition coefficient (Wildman–Crippen LogP) is 6.35. The summed E-state index contributed by atoms with van der Waals surface area (Å²) < 4.78 is 125. The molecule has 0 bridgehead atoms. The van der Waals surface area contributed by atoms with E-state index in [0.29, 0.717) is 43.8 Å². The molecule has 4 aliphatic rings. The van der Waals surface area contributed by atoms with Gasteiger partial charge in [0, 0.05) is 50.5 Å². The third-order valence-electron chi connectivity index (χ3n) is 7.73. The number of alkyl halides is 6. The van der Waals surface area contributed by atoms with Gasteiger partial charge in [-0.2, -0.15) is 19.2 Å². The summed E-state index contributed by atoms with van der Waals surface area (Å²) in [6.45, 7) is 0.665. The Bertz CT molecular complexity index is 1270. The number of epoxide rings is 4. The minimum Gasteiger partial charge on any atom is -0.371 e. The number of benzene rings is 2. The van der Waals surface area contributed by atoms with Crippen molar-refractivity contribution in [3.63, 3.8) is 0 Å². The highest BCUT2D eigenvalue weighted by molar-refractivity contribution is 5.76. The molecule has 58 heavy (non-hydrogen) atoms. The van der Waals surface area contributed by atoms with Crippen molar-refractivity contribution in [1.29, 1.82) is 0 Å². The molecule has 4 saturated heterocycles. The van der Waals surface area contributed by atoms with Crippen molar-refractivity contribution >= 4 is 23.3 Å². The fourth-order valence-electron chi connectivity index (χ4n) is 4.82. The van der Waals surface area contributed by atoms with Crippen molar-refractivity contribution in [3.05, 3.63) is 59.7 Å². The van der Waals surface area contributed by atoms with E-state index >= 15 is 0 Å². The lowest BCUT2D eigenvalue weighted by molar-refractivity contribution is -0.167. The lowest BCUT2D eigenvalue weighted by Gasteiger charge is -2.23. The van der Waals surface area contributed by atoms with Crippen molar-refractivity contribution in [2.45, 2.75) is 50.1 Å². The summed E-state index contributed by atoms with van der Waals surface area (Å²) >= 11 is 0. The molecule has 22 heteroatoms. The standard InChI is InChI=1S/C16H21FN2O3.C16H20FNO3.3CH2F2O.CH2F2/c17-7-16(20)18-6-5-12-1-3-13(4-2-12)19(8-14-10-21-14)9-15-11-22-15;17-16(19)3-1-2-12-4-6-13(7-5-12)18(8-14-10-20-14)9-15-11-21-15;3*2-1-4-3;2-1-3/h1-4,14-15H,5-11H2,(H,18,20);4-7,14-15H,1-3,8-11H2;3*1H2;1H2. The molecule has 4 fully saturated rings. The lowest BCUT2D eigenvalue weighted by atomic mass is 10.1. The molecule has 1 N–H and O–H groups in total. The molecule has 4 aliphatic heterocycles. The number of anilines is 2. The monoisotopic (exact) mass is 857 g/mol. The number of amides is 1. The fourth-order valence-corrected chi connectivity index (χ4v) is 4.82. The molecule has 4 heterocycles. The van der Waals surface area contributed by atoms with Gasteiger partial charge in [-0.25, -0.2) is 26.3 Å². The third-order valence-corrected chi connectivity index (χ3v) is 7.73. The first kappa shape index (κ1) is 52.2. The molecule has 0 aromatic heterocycles. The smallest absolute Gasteiger partial charge is 0.301 e. The maximum Gasteiger partial charge on any atom is 0.301 e. The second kappa shape index (κ2) is 33.1. The number of nitrogens with one attached hydrogen (secondary N) is 1. The first-order valence-electron chi connectivity index (χ1n) is 17.8. The number of carbonyl (C=O) groups excluding carboxylic acids is 2. The number of rotatable bonds is 21. The topological polar surface area (TPSA) is 130 Å². The Morgan fingerprint density at radius 3 is 1.17 bits per heavy atom. The van der Waals surface area contributed by atoms with Crippen LogP contribution in [0.3, 0.4) is 0 Å². The van der Waals surface area contributed by atoms with Gasteiger partial charge in [0.25, 0.3) is 5.91 Å². The van der Waals surface area contributed by atoms with Crippen LogP contribution >= 0.6 is 0 Å². The average Bonchev–Trinajstić information content (AvgIpc) is 4.02. The van der Waals surface area contributed by atoms with E-state index in [0.717, 1.165) is 81.5 Å². The Hall–Kier alpha value is -3.80. The third kappa shape index (κ3) is 28.6. The van der Waals surface area contributed by atoms with E-state index in [1.165, 1.54) is 0 Å². The Labute approximate surface area is 329 Å². The van der Waals surface area contributed by atoms with Gasteiger partial charge in [-0.15, -0.1) is 0 Å². The molecule has 332 valence electrons. The fraction of sp³-hybridized carbons (Fsp3) is 0.611. The van der Waals surface area contributed by atoms with Crippen LogP contribution in [0.1, 0.15) is 24.0 Å². The summed E-state index contributed by atoms with van der Waals surface area (Å²) in [6, 6.07) is 15.3. The summed E-state index contributed by atoms with van der Waals surface area (Å²) in [5, 5.41) is 2.53. The van der Waals surface area contributed by atoms with Crippen LogP contribution in [-0.4, -0.2) is 130 Å². The summed E-state index contributed by atoms with van der Waals surface area (Å²) in [7, 11) is 0.